The van der Waals surface area contributed by atoms with Crippen molar-refractivity contribution in [2.75, 3.05) is 0 Å². The lowest BCUT2D eigenvalue weighted by Gasteiger charge is -2.03. The van der Waals surface area contributed by atoms with Crippen LogP contribution in [0.25, 0.3) is 0 Å². The molecule has 2 aromatic heterocycles. The molecule has 0 aliphatic carbocycles. The Morgan fingerprint density at radius 3 is 2.32 bits per heavy atom. The van der Waals surface area contributed by atoms with Crippen molar-refractivity contribution in [1.29, 1.82) is 0 Å². The van der Waals surface area contributed by atoms with Gasteiger partial charge in [-0.2, -0.15) is 14.6 Å². The molecule has 0 aliphatic heterocycles. The molecule has 0 saturated heterocycles. The summed E-state index contributed by atoms with van der Waals surface area (Å²) in [6.45, 7) is 4.93. The molecule has 0 bridgehead atoms. The largest absolute Gasteiger partial charge is 0.308 e. The molecule has 5 nitrogen and oxygen atoms in total. The average molecular weight is 288 g/mol. The van der Waals surface area contributed by atoms with Crippen LogP contribution in [0.1, 0.15) is 22.5 Å². The van der Waals surface area contributed by atoms with Crippen molar-refractivity contribution < 1.29 is 4.39 Å². The van der Waals surface area contributed by atoms with Gasteiger partial charge in [0.15, 0.2) is 0 Å². The van der Waals surface area contributed by atoms with Crippen LogP contribution in [0.15, 0.2) is 6.20 Å². The van der Waals surface area contributed by atoms with E-state index in [0.29, 0.717) is 18.7 Å². The van der Waals surface area contributed by atoms with Crippen molar-refractivity contribution in [3.8, 4) is 0 Å². The van der Waals surface area contributed by atoms with Gasteiger partial charge >= 0.3 is 0 Å². The van der Waals surface area contributed by atoms with Crippen molar-refractivity contribution in [2.24, 2.45) is 14.1 Å². The molecule has 0 aromatic carbocycles. The van der Waals surface area contributed by atoms with E-state index in [4.69, 9.17) is 0 Å². The third-order valence-electron chi connectivity index (χ3n) is 3.00. The minimum absolute atomic E-state index is 0. The molecule has 0 radical (unpaired) electrons. The quantitative estimate of drug-likeness (QED) is 0.930. The zero-order valence-corrected chi connectivity index (χ0v) is 12.4. The molecule has 0 aliphatic rings. The Labute approximate surface area is 118 Å². The maximum atomic E-state index is 13.7. The van der Waals surface area contributed by atoms with Crippen LogP contribution in [0.5, 0.6) is 0 Å². The minimum atomic E-state index is -0.275. The van der Waals surface area contributed by atoms with Crippen molar-refractivity contribution in [2.45, 2.75) is 26.9 Å². The number of halogens is 2. The van der Waals surface area contributed by atoms with E-state index in [1.807, 2.05) is 27.1 Å². The third-order valence-corrected chi connectivity index (χ3v) is 3.00. The van der Waals surface area contributed by atoms with Gasteiger partial charge in [0.25, 0.3) is 0 Å². The first-order valence-electron chi connectivity index (χ1n) is 5.87. The van der Waals surface area contributed by atoms with E-state index in [2.05, 4.69) is 15.5 Å². The first kappa shape index (κ1) is 15.7. The summed E-state index contributed by atoms with van der Waals surface area (Å²) in [5.74, 6) is -0.275. The maximum absolute atomic E-state index is 13.7. The molecule has 0 amide bonds. The molecule has 2 rings (SSSR count). The maximum Gasteiger partial charge on any atom is 0.215 e. The molecule has 2 aromatic rings. The van der Waals surface area contributed by atoms with Gasteiger partial charge in [-0.3, -0.25) is 4.68 Å². The van der Waals surface area contributed by atoms with Crippen LogP contribution >= 0.6 is 12.4 Å². The molecule has 0 fully saturated rings. The van der Waals surface area contributed by atoms with E-state index >= 15 is 0 Å². The lowest BCUT2D eigenvalue weighted by atomic mass is 10.2. The van der Waals surface area contributed by atoms with Crippen molar-refractivity contribution in [3.05, 3.63) is 34.7 Å². The van der Waals surface area contributed by atoms with Crippen molar-refractivity contribution >= 4 is 12.4 Å². The molecule has 0 unspecified atom stereocenters. The Morgan fingerprint density at radius 2 is 1.84 bits per heavy atom. The van der Waals surface area contributed by atoms with Gasteiger partial charge < -0.3 is 5.32 Å². The lowest BCUT2D eigenvalue weighted by Crippen LogP contribution is -2.14. The lowest BCUT2D eigenvalue weighted by molar-refractivity contribution is 0.489. The standard InChI is InChI=1S/C12H18FN5.ClH/c1-8-10(7-17(3)15-8)5-14-6-11-9(2)16-18(4)12(11)13;/h7,14H,5-6H2,1-4H3;1H. The number of nitrogens with one attached hydrogen (secondary N) is 1. The summed E-state index contributed by atoms with van der Waals surface area (Å²) < 4.78 is 16.7. The summed E-state index contributed by atoms with van der Waals surface area (Å²) in [5.41, 5.74) is 3.47. The Balaban J connectivity index is 0.00000180. The molecular formula is C12H19ClFN5. The average Bonchev–Trinajstić information content (AvgIpc) is 2.73. The fraction of sp³-hybridized carbons (Fsp3) is 0.500. The Bertz CT molecular complexity index is 561. The van der Waals surface area contributed by atoms with Gasteiger partial charge in [-0.25, -0.2) is 4.68 Å². The van der Waals surface area contributed by atoms with E-state index in [0.717, 1.165) is 17.0 Å². The van der Waals surface area contributed by atoms with Gasteiger partial charge in [0, 0.05) is 44.5 Å². The molecule has 0 saturated carbocycles. The Kier molecular flexibility index (Phi) is 5.08. The van der Waals surface area contributed by atoms with Crippen LogP contribution < -0.4 is 5.32 Å². The number of hydrogen-bond acceptors (Lipinski definition) is 3. The summed E-state index contributed by atoms with van der Waals surface area (Å²) in [4.78, 5) is 0. The van der Waals surface area contributed by atoms with Gasteiger partial charge in [0.05, 0.1) is 11.4 Å². The Hall–Kier alpha value is -1.40. The topological polar surface area (TPSA) is 47.7 Å². The van der Waals surface area contributed by atoms with Gasteiger partial charge in [-0.05, 0) is 13.8 Å². The van der Waals surface area contributed by atoms with Gasteiger partial charge in [0.1, 0.15) is 0 Å². The summed E-state index contributed by atoms with van der Waals surface area (Å²) >= 11 is 0. The summed E-state index contributed by atoms with van der Waals surface area (Å²) in [7, 11) is 3.50. The predicted octanol–water partition coefficient (Wildman–Crippen LogP) is 1.62. The molecule has 0 spiro atoms. The minimum Gasteiger partial charge on any atom is -0.308 e. The first-order chi connectivity index (χ1) is 8.49. The fourth-order valence-electron chi connectivity index (χ4n) is 2.02. The van der Waals surface area contributed by atoms with Crippen LogP contribution in [-0.2, 0) is 27.2 Å². The monoisotopic (exact) mass is 287 g/mol. The predicted molar refractivity (Wildman–Crippen MR) is 73.6 cm³/mol. The fourth-order valence-corrected chi connectivity index (χ4v) is 2.02. The second kappa shape index (κ2) is 6.16. The smallest absolute Gasteiger partial charge is 0.215 e. The van der Waals surface area contributed by atoms with E-state index in [1.165, 1.54) is 4.68 Å². The van der Waals surface area contributed by atoms with E-state index in [9.17, 15) is 4.39 Å². The first-order valence-corrected chi connectivity index (χ1v) is 5.87. The molecule has 1 N–H and O–H groups in total. The van der Waals surface area contributed by atoms with E-state index < -0.39 is 0 Å². The number of hydrogen-bond donors (Lipinski definition) is 1. The van der Waals surface area contributed by atoms with Crippen molar-refractivity contribution in [3.63, 3.8) is 0 Å². The highest BCUT2D eigenvalue weighted by Gasteiger charge is 2.12. The third kappa shape index (κ3) is 3.33. The normalized spacial score (nSPS) is 10.6. The second-order valence-corrected chi connectivity index (χ2v) is 4.50. The van der Waals surface area contributed by atoms with Gasteiger partial charge in [-0.1, -0.05) is 0 Å². The van der Waals surface area contributed by atoms with Crippen LogP contribution in [0.2, 0.25) is 0 Å². The SMILES string of the molecule is Cc1nn(C)cc1CNCc1c(C)nn(C)c1F.Cl. The highest BCUT2D eigenvalue weighted by molar-refractivity contribution is 5.85. The summed E-state index contributed by atoms with van der Waals surface area (Å²) in [6.07, 6.45) is 1.97. The van der Waals surface area contributed by atoms with E-state index in [-0.39, 0.29) is 18.4 Å². The Morgan fingerprint density at radius 1 is 1.16 bits per heavy atom. The van der Waals surface area contributed by atoms with Gasteiger partial charge in [-0.15, -0.1) is 12.4 Å². The number of nitrogens with zero attached hydrogens (tertiary/aromatic N) is 4. The number of aryl methyl sites for hydroxylation is 4. The van der Waals surface area contributed by atoms with Crippen LogP contribution in [0.4, 0.5) is 4.39 Å². The molecular weight excluding hydrogens is 269 g/mol. The van der Waals surface area contributed by atoms with Crippen LogP contribution in [-0.4, -0.2) is 19.6 Å². The second-order valence-electron chi connectivity index (χ2n) is 4.50. The number of aromatic nitrogens is 4. The van der Waals surface area contributed by atoms with Crippen molar-refractivity contribution in [1.82, 2.24) is 24.9 Å². The zero-order chi connectivity index (χ0) is 13.3. The number of rotatable bonds is 4. The van der Waals surface area contributed by atoms with Crippen LogP contribution in [0, 0.1) is 19.8 Å². The molecule has 19 heavy (non-hydrogen) atoms. The summed E-state index contributed by atoms with van der Waals surface area (Å²) in [6, 6.07) is 0. The molecule has 2 heterocycles. The molecule has 0 atom stereocenters. The van der Waals surface area contributed by atoms with Crippen LogP contribution in [0.3, 0.4) is 0 Å². The molecule has 7 heteroatoms. The molecule has 106 valence electrons. The highest BCUT2D eigenvalue weighted by atomic mass is 35.5. The highest BCUT2D eigenvalue weighted by Crippen LogP contribution is 2.11. The van der Waals surface area contributed by atoms with E-state index in [1.54, 1.807) is 11.7 Å². The summed E-state index contributed by atoms with van der Waals surface area (Å²) in [5, 5.41) is 11.5. The zero-order valence-electron chi connectivity index (χ0n) is 11.6. The van der Waals surface area contributed by atoms with Gasteiger partial charge in [0.2, 0.25) is 5.95 Å².